The second-order valence-electron chi connectivity index (χ2n) is 5.73. The zero-order valence-corrected chi connectivity index (χ0v) is 14.3. The molecule has 136 valence electrons. The number of halogens is 1. The molecule has 1 aromatic heterocycles. The second kappa shape index (κ2) is 7.97. The number of hydrogen-bond acceptors (Lipinski definition) is 5. The van der Waals surface area contributed by atoms with Gasteiger partial charge in [0.25, 0.3) is 5.56 Å². The molecule has 1 heterocycles. The molecular weight excluding hydrogens is 339 g/mol. The molecule has 3 aromatic rings. The van der Waals surface area contributed by atoms with Crippen molar-refractivity contribution in [2.24, 2.45) is 0 Å². The predicted octanol–water partition coefficient (Wildman–Crippen LogP) is 2.37. The maximum absolute atomic E-state index is 13.2. The lowest BCUT2D eigenvalue weighted by atomic mass is 10.2. The second-order valence-corrected chi connectivity index (χ2v) is 5.73. The fourth-order valence-electron chi connectivity index (χ4n) is 2.53. The van der Waals surface area contributed by atoms with Crippen molar-refractivity contribution in [3.63, 3.8) is 0 Å². The van der Waals surface area contributed by atoms with Gasteiger partial charge in [-0.2, -0.15) is 0 Å². The van der Waals surface area contributed by atoms with Gasteiger partial charge in [-0.1, -0.05) is 0 Å². The highest BCUT2D eigenvalue weighted by Crippen LogP contribution is 2.17. The lowest BCUT2D eigenvalue weighted by Crippen LogP contribution is -2.30. The maximum Gasteiger partial charge on any atom is 0.261 e. The zero-order valence-electron chi connectivity index (χ0n) is 14.3. The van der Waals surface area contributed by atoms with E-state index < -0.39 is 11.9 Å². The average molecular weight is 358 g/mol. The Hall–Kier alpha value is -2.93. The molecule has 0 saturated carbocycles. The van der Waals surface area contributed by atoms with Crippen molar-refractivity contribution in [1.29, 1.82) is 0 Å². The largest absolute Gasteiger partial charge is 0.494 e. The standard InChI is InChI=1S/C19H19FN2O4/c1-2-25-15-4-6-16(7-5-15)26-11-14(23)10-22-12-21-18-9-13(20)3-8-17(18)19(22)24/h3-9,12,14,23H,2,10-11H2,1H3/t14-/m0/s1. The summed E-state index contributed by atoms with van der Waals surface area (Å²) in [5.41, 5.74) is -0.0542. The van der Waals surface area contributed by atoms with E-state index in [1.807, 2.05) is 6.92 Å². The monoisotopic (exact) mass is 358 g/mol. The van der Waals surface area contributed by atoms with Crippen molar-refractivity contribution in [1.82, 2.24) is 9.55 Å². The van der Waals surface area contributed by atoms with Crippen LogP contribution in [0.5, 0.6) is 11.5 Å². The van der Waals surface area contributed by atoms with Crippen LogP contribution in [0.15, 0.2) is 53.6 Å². The Labute approximate surface area is 149 Å². The van der Waals surface area contributed by atoms with Crippen LogP contribution in [-0.2, 0) is 6.54 Å². The minimum absolute atomic E-state index is 0.0158. The topological polar surface area (TPSA) is 73.6 Å². The number of nitrogens with zero attached hydrogens (tertiary/aromatic N) is 2. The summed E-state index contributed by atoms with van der Waals surface area (Å²) in [6.07, 6.45) is 0.392. The normalized spacial score (nSPS) is 12.1. The Morgan fingerprint density at radius 3 is 2.54 bits per heavy atom. The Bertz CT molecular complexity index is 940. The van der Waals surface area contributed by atoms with Gasteiger partial charge in [-0.05, 0) is 43.3 Å². The molecule has 2 aromatic carbocycles. The fraction of sp³-hybridized carbons (Fsp3) is 0.263. The van der Waals surface area contributed by atoms with Gasteiger partial charge in [0.05, 0.1) is 30.4 Å². The molecule has 1 atom stereocenters. The number of benzene rings is 2. The third-order valence-electron chi connectivity index (χ3n) is 3.77. The number of hydrogen-bond donors (Lipinski definition) is 1. The van der Waals surface area contributed by atoms with Gasteiger partial charge in [0.2, 0.25) is 0 Å². The third kappa shape index (κ3) is 4.18. The van der Waals surface area contributed by atoms with E-state index >= 15 is 0 Å². The van der Waals surface area contributed by atoms with Crippen molar-refractivity contribution >= 4 is 10.9 Å². The molecule has 0 spiro atoms. The van der Waals surface area contributed by atoms with Crippen LogP contribution in [0, 0.1) is 5.82 Å². The molecule has 6 nitrogen and oxygen atoms in total. The van der Waals surface area contributed by atoms with Crippen LogP contribution >= 0.6 is 0 Å². The molecule has 0 aliphatic rings. The first-order valence-electron chi connectivity index (χ1n) is 8.25. The number of fused-ring (bicyclic) bond motifs is 1. The minimum Gasteiger partial charge on any atom is -0.494 e. The van der Waals surface area contributed by atoms with E-state index in [1.165, 1.54) is 29.1 Å². The van der Waals surface area contributed by atoms with Crippen LogP contribution in [0.25, 0.3) is 10.9 Å². The summed E-state index contributed by atoms with van der Waals surface area (Å²) in [6.45, 7) is 2.53. The van der Waals surface area contributed by atoms with Crippen LogP contribution in [0.3, 0.4) is 0 Å². The van der Waals surface area contributed by atoms with Crippen molar-refractivity contribution < 1.29 is 19.0 Å². The van der Waals surface area contributed by atoms with E-state index in [4.69, 9.17) is 9.47 Å². The first-order chi connectivity index (χ1) is 12.6. The quantitative estimate of drug-likeness (QED) is 0.702. The predicted molar refractivity (Wildman–Crippen MR) is 95.1 cm³/mol. The molecule has 0 amide bonds. The van der Waals surface area contributed by atoms with Crippen LogP contribution < -0.4 is 15.0 Å². The van der Waals surface area contributed by atoms with E-state index in [-0.39, 0.29) is 24.2 Å². The Balaban J connectivity index is 1.63. The van der Waals surface area contributed by atoms with E-state index in [9.17, 15) is 14.3 Å². The lowest BCUT2D eigenvalue weighted by Gasteiger charge is -2.14. The van der Waals surface area contributed by atoms with Crippen molar-refractivity contribution in [2.45, 2.75) is 19.6 Å². The highest BCUT2D eigenvalue weighted by atomic mass is 19.1. The first-order valence-corrected chi connectivity index (χ1v) is 8.25. The number of aliphatic hydroxyl groups excluding tert-OH is 1. The Kier molecular flexibility index (Phi) is 5.48. The van der Waals surface area contributed by atoms with Gasteiger partial charge in [0.1, 0.15) is 30.0 Å². The minimum atomic E-state index is -0.904. The number of aliphatic hydroxyl groups is 1. The molecule has 3 rings (SSSR count). The molecule has 1 N–H and O–H groups in total. The molecule has 0 unspecified atom stereocenters. The third-order valence-corrected chi connectivity index (χ3v) is 3.77. The van der Waals surface area contributed by atoms with Gasteiger partial charge in [0, 0.05) is 6.07 Å². The van der Waals surface area contributed by atoms with Gasteiger partial charge < -0.3 is 14.6 Å². The lowest BCUT2D eigenvalue weighted by molar-refractivity contribution is 0.0914. The van der Waals surface area contributed by atoms with Gasteiger partial charge in [-0.15, -0.1) is 0 Å². The molecule has 0 aliphatic heterocycles. The summed E-state index contributed by atoms with van der Waals surface area (Å²) in [5, 5.41) is 10.4. The SMILES string of the molecule is CCOc1ccc(OC[C@@H](O)Cn2cnc3cc(F)ccc3c2=O)cc1. The molecule has 0 fully saturated rings. The Morgan fingerprint density at radius 2 is 1.85 bits per heavy atom. The van der Waals surface area contributed by atoms with Crippen LogP contribution in [0.2, 0.25) is 0 Å². The fourth-order valence-corrected chi connectivity index (χ4v) is 2.53. The van der Waals surface area contributed by atoms with E-state index in [2.05, 4.69) is 4.98 Å². The first kappa shape index (κ1) is 17.9. The van der Waals surface area contributed by atoms with Gasteiger partial charge in [-0.3, -0.25) is 9.36 Å². The van der Waals surface area contributed by atoms with E-state index in [0.29, 0.717) is 17.7 Å². The summed E-state index contributed by atoms with van der Waals surface area (Å²) >= 11 is 0. The van der Waals surface area contributed by atoms with E-state index in [1.54, 1.807) is 24.3 Å². The van der Waals surface area contributed by atoms with Crippen molar-refractivity contribution in [2.75, 3.05) is 13.2 Å². The molecule has 0 saturated heterocycles. The summed E-state index contributed by atoms with van der Waals surface area (Å²) in [6, 6.07) is 10.9. The van der Waals surface area contributed by atoms with Crippen molar-refractivity contribution in [3.8, 4) is 11.5 Å². The molecule has 0 bridgehead atoms. The number of aromatic nitrogens is 2. The van der Waals surface area contributed by atoms with Crippen LogP contribution in [0.4, 0.5) is 4.39 Å². The van der Waals surface area contributed by atoms with Crippen LogP contribution in [-0.4, -0.2) is 34.0 Å². The highest BCUT2D eigenvalue weighted by Gasteiger charge is 2.11. The molecule has 0 aliphatic carbocycles. The van der Waals surface area contributed by atoms with Gasteiger partial charge in [-0.25, -0.2) is 9.37 Å². The van der Waals surface area contributed by atoms with Crippen molar-refractivity contribution in [3.05, 3.63) is 65.0 Å². The average Bonchev–Trinajstić information content (AvgIpc) is 2.64. The summed E-state index contributed by atoms with van der Waals surface area (Å²) in [5.74, 6) is 0.878. The summed E-state index contributed by atoms with van der Waals surface area (Å²) < 4.78 is 25.4. The van der Waals surface area contributed by atoms with Gasteiger partial charge >= 0.3 is 0 Å². The number of ether oxygens (including phenoxy) is 2. The zero-order chi connectivity index (χ0) is 18.5. The molecule has 26 heavy (non-hydrogen) atoms. The maximum atomic E-state index is 13.2. The van der Waals surface area contributed by atoms with Gasteiger partial charge in [0.15, 0.2) is 0 Å². The Morgan fingerprint density at radius 1 is 1.15 bits per heavy atom. The molecule has 7 heteroatoms. The smallest absolute Gasteiger partial charge is 0.261 e. The van der Waals surface area contributed by atoms with E-state index in [0.717, 1.165) is 5.75 Å². The molecular formula is C19H19FN2O4. The summed E-state index contributed by atoms with van der Waals surface area (Å²) in [7, 11) is 0. The number of rotatable bonds is 7. The molecule has 0 radical (unpaired) electrons. The van der Waals surface area contributed by atoms with Crippen LogP contribution in [0.1, 0.15) is 6.92 Å². The summed E-state index contributed by atoms with van der Waals surface area (Å²) in [4.78, 5) is 16.4. The highest BCUT2D eigenvalue weighted by molar-refractivity contribution is 5.77.